The first kappa shape index (κ1) is 28.0. The maximum Gasteiger partial charge on any atom is 0.407 e. The standard InChI is InChI=1S/C30H37NO6/c1-5-19-35-28(33)26(17-7-6-8-18-27(32)37-30(2,3)4)31-29(34)36-20-25-23-15-11-9-13-21(23)22-14-10-12-16-24(22)25/h5,9-16,25-26H,1,6-8,17-20H2,2-4H3,(H,31,34). The molecule has 1 N–H and O–H groups in total. The number of fused-ring (bicyclic) bond motifs is 3. The second-order valence-corrected chi connectivity index (χ2v) is 10.1. The second-order valence-electron chi connectivity index (χ2n) is 10.1. The van der Waals surface area contributed by atoms with Gasteiger partial charge in [-0.2, -0.15) is 0 Å². The van der Waals surface area contributed by atoms with Crippen molar-refractivity contribution in [2.24, 2.45) is 0 Å². The highest BCUT2D eigenvalue weighted by Gasteiger charge is 2.30. The number of carbonyl (C=O) groups excluding carboxylic acids is 3. The van der Waals surface area contributed by atoms with Gasteiger partial charge in [0.15, 0.2) is 0 Å². The zero-order valence-corrected chi connectivity index (χ0v) is 22.0. The number of unbranched alkanes of at least 4 members (excludes halogenated alkanes) is 2. The van der Waals surface area contributed by atoms with Gasteiger partial charge in [-0.15, -0.1) is 0 Å². The Balaban J connectivity index is 1.52. The highest BCUT2D eigenvalue weighted by atomic mass is 16.6. The molecule has 37 heavy (non-hydrogen) atoms. The Hall–Kier alpha value is -3.61. The Bertz CT molecular complexity index is 1060. The Morgan fingerprint density at radius 3 is 2.16 bits per heavy atom. The number of hydrogen-bond donors (Lipinski definition) is 1. The summed E-state index contributed by atoms with van der Waals surface area (Å²) in [5.74, 6) is -0.857. The summed E-state index contributed by atoms with van der Waals surface area (Å²) >= 11 is 0. The summed E-state index contributed by atoms with van der Waals surface area (Å²) in [7, 11) is 0. The minimum atomic E-state index is -0.850. The van der Waals surface area contributed by atoms with E-state index in [1.807, 2.05) is 57.2 Å². The van der Waals surface area contributed by atoms with E-state index in [1.54, 1.807) is 0 Å². The van der Waals surface area contributed by atoms with Crippen molar-refractivity contribution in [3.8, 4) is 11.1 Å². The zero-order chi connectivity index (χ0) is 26.8. The molecule has 7 nitrogen and oxygen atoms in total. The van der Waals surface area contributed by atoms with E-state index in [1.165, 1.54) is 6.08 Å². The highest BCUT2D eigenvalue weighted by molar-refractivity contribution is 5.82. The van der Waals surface area contributed by atoms with Crippen LogP contribution in [0.2, 0.25) is 0 Å². The molecule has 2 aromatic carbocycles. The number of rotatable bonds is 12. The van der Waals surface area contributed by atoms with Crippen molar-refractivity contribution < 1.29 is 28.6 Å². The van der Waals surface area contributed by atoms with Crippen LogP contribution in [0.1, 0.15) is 69.9 Å². The molecule has 1 aliphatic rings. The first-order chi connectivity index (χ1) is 17.7. The number of amides is 1. The largest absolute Gasteiger partial charge is 0.460 e. The van der Waals surface area contributed by atoms with Crippen LogP contribution in [0.4, 0.5) is 4.79 Å². The Labute approximate surface area is 219 Å². The number of benzene rings is 2. The molecule has 3 rings (SSSR count). The van der Waals surface area contributed by atoms with E-state index in [0.29, 0.717) is 32.1 Å². The topological polar surface area (TPSA) is 90.9 Å². The van der Waals surface area contributed by atoms with Gasteiger partial charge in [0.1, 0.15) is 24.9 Å². The Kier molecular flexibility index (Phi) is 9.89. The van der Waals surface area contributed by atoms with E-state index in [0.717, 1.165) is 22.3 Å². The lowest BCUT2D eigenvalue weighted by Gasteiger charge is -2.20. The highest BCUT2D eigenvalue weighted by Crippen LogP contribution is 2.44. The molecule has 0 aliphatic heterocycles. The smallest absolute Gasteiger partial charge is 0.407 e. The molecule has 0 aromatic heterocycles. The molecule has 0 saturated carbocycles. The molecule has 1 atom stereocenters. The molecule has 0 saturated heterocycles. The summed E-state index contributed by atoms with van der Waals surface area (Å²) in [5, 5.41) is 2.67. The number of carbonyl (C=O) groups is 3. The molecular weight excluding hydrogens is 470 g/mol. The van der Waals surface area contributed by atoms with E-state index in [9.17, 15) is 14.4 Å². The normalized spacial score (nSPS) is 13.2. The third-order valence-corrected chi connectivity index (χ3v) is 6.06. The van der Waals surface area contributed by atoms with Crippen molar-refractivity contribution >= 4 is 18.0 Å². The summed E-state index contributed by atoms with van der Waals surface area (Å²) in [5.41, 5.74) is 4.00. The van der Waals surface area contributed by atoms with E-state index in [2.05, 4.69) is 24.0 Å². The third kappa shape index (κ3) is 8.20. The van der Waals surface area contributed by atoms with Crippen molar-refractivity contribution in [1.82, 2.24) is 5.32 Å². The number of hydrogen-bond acceptors (Lipinski definition) is 6. The molecule has 0 heterocycles. The molecule has 2 aromatic rings. The van der Waals surface area contributed by atoms with Crippen LogP contribution in [0.3, 0.4) is 0 Å². The number of ether oxygens (including phenoxy) is 3. The summed E-state index contributed by atoms with van der Waals surface area (Å²) < 4.78 is 16.1. The van der Waals surface area contributed by atoms with Crippen LogP contribution in [0.5, 0.6) is 0 Å². The maximum absolute atomic E-state index is 12.7. The lowest BCUT2D eigenvalue weighted by molar-refractivity contribution is -0.155. The molecule has 1 unspecified atom stereocenters. The van der Waals surface area contributed by atoms with Gasteiger partial charge in [0.05, 0.1) is 0 Å². The molecule has 0 fully saturated rings. The van der Waals surface area contributed by atoms with Gasteiger partial charge in [-0.25, -0.2) is 9.59 Å². The van der Waals surface area contributed by atoms with E-state index < -0.39 is 23.7 Å². The lowest BCUT2D eigenvalue weighted by atomic mass is 9.98. The summed E-state index contributed by atoms with van der Waals surface area (Å²) in [4.78, 5) is 37.1. The van der Waals surface area contributed by atoms with Crippen molar-refractivity contribution in [2.75, 3.05) is 13.2 Å². The van der Waals surface area contributed by atoms with Crippen molar-refractivity contribution in [1.29, 1.82) is 0 Å². The Morgan fingerprint density at radius 1 is 0.946 bits per heavy atom. The molecule has 1 amide bonds. The van der Waals surface area contributed by atoms with Gasteiger partial charge in [-0.1, -0.05) is 74.0 Å². The first-order valence-electron chi connectivity index (χ1n) is 12.8. The molecule has 7 heteroatoms. The quantitative estimate of drug-likeness (QED) is 0.166. The van der Waals surface area contributed by atoms with Crippen molar-refractivity contribution in [2.45, 2.75) is 70.4 Å². The molecule has 0 bridgehead atoms. The molecular formula is C30H37NO6. The lowest BCUT2D eigenvalue weighted by Crippen LogP contribution is -2.42. The van der Waals surface area contributed by atoms with Crippen LogP contribution in [-0.4, -0.2) is 42.9 Å². The van der Waals surface area contributed by atoms with Crippen LogP contribution in [0.25, 0.3) is 11.1 Å². The zero-order valence-electron chi connectivity index (χ0n) is 22.0. The number of nitrogens with one attached hydrogen (secondary N) is 1. The fourth-order valence-electron chi connectivity index (χ4n) is 4.46. The van der Waals surface area contributed by atoms with Crippen molar-refractivity contribution in [3.05, 3.63) is 72.3 Å². The predicted molar refractivity (Wildman–Crippen MR) is 142 cm³/mol. The average molecular weight is 508 g/mol. The predicted octanol–water partition coefficient (Wildman–Crippen LogP) is 5.92. The molecule has 1 aliphatic carbocycles. The molecule has 198 valence electrons. The van der Waals surface area contributed by atoms with E-state index in [4.69, 9.17) is 14.2 Å². The van der Waals surface area contributed by atoms with Crippen LogP contribution >= 0.6 is 0 Å². The van der Waals surface area contributed by atoms with Crippen molar-refractivity contribution in [3.63, 3.8) is 0 Å². The monoisotopic (exact) mass is 507 g/mol. The van der Waals surface area contributed by atoms with E-state index >= 15 is 0 Å². The maximum atomic E-state index is 12.7. The number of alkyl carbamates (subject to hydrolysis) is 1. The average Bonchev–Trinajstić information content (AvgIpc) is 3.17. The van der Waals surface area contributed by atoms with Crippen LogP contribution < -0.4 is 5.32 Å². The van der Waals surface area contributed by atoms with Crippen LogP contribution in [0, 0.1) is 0 Å². The summed E-state index contributed by atoms with van der Waals surface area (Å²) in [6.45, 7) is 9.27. The van der Waals surface area contributed by atoms with E-state index in [-0.39, 0.29) is 25.1 Å². The minimum Gasteiger partial charge on any atom is -0.460 e. The molecule has 0 radical (unpaired) electrons. The van der Waals surface area contributed by atoms with Gasteiger partial charge in [-0.05, 0) is 55.9 Å². The summed E-state index contributed by atoms with van der Waals surface area (Å²) in [6, 6.07) is 15.3. The second kappa shape index (κ2) is 13.1. The van der Waals surface area contributed by atoms with Crippen LogP contribution in [0.15, 0.2) is 61.2 Å². The fraction of sp³-hybridized carbons (Fsp3) is 0.433. The minimum absolute atomic E-state index is 0.0559. The fourth-order valence-corrected chi connectivity index (χ4v) is 4.46. The molecule has 0 spiro atoms. The first-order valence-corrected chi connectivity index (χ1v) is 12.8. The van der Waals surface area contributed by atoms with Gasteiger partial charge >= 0.3 is 18.0 Å². The number of esters is 2. The third-order valence-electron chi connectivity index (χ3n) is 6.06. The van der Waals surface area contributed by atoms with Gasteiger partial charge in [0.2, 0.25) is 0 Å². The van der Waals surface area contributed by atoms with Crippen LogP contribution in [-0.2, 0) is 23.8 Å². The van der Waals surface area contributed by atoms with Gasteiger partial charge in [-0.3, -0.25) is 4.79 Å². The van der Waals surface area contributed by atoms with Gasteiger partial charge in [0.25, 0.3) is 0 Å². The SMILES string of the molecule is C=CCOC(=O)C(CCCCCC(=O)OC(C)(C)C)NC(=O)OCC1c2ccccc2-c2ccccc21. The Morgan fingerprint density at radius 2 is 1.57 bits per heavy atom. The van der Waals surface area contributed by atoms with Gasteiger partial charge < -0.3 is 19.5 Å². The summed E-state index contributed by atoms with van der Waals surface area (Å²) in [6.07, 6.45) is 3.45. The van der Waals surface area contributed by atoms with Gasteiger partial charge in [0, 0.05) is 12.3 Å².